The van der Waals surface area contributed by atoms with Gasteiger partial charge >= 0.3 is 0 Å². The largest absolute Gasteiger partial charge is 0.405 e. The summed E-state index contributed by atoms with van der Waals surface area (Å²) in [5, 5.41) is 4.97. The van der Waals surface area contributed by atoms with Crippen LogP contribution in [-0.4, -0.2) is 47.1 Å². The predicted octanol–water partition coefficient (Wildman–Crippen LogP) is 2.58. The first-order chi connectivity index (χ1) is 14.9. The molecule has 0 saturated heterocycles. The quantitative estimate of drug-likeness (QED) is 0.469. The highest BCUT2D eigenvalue weighted by Crippen LogP contribution is 2.41. The molecule has 1 saturated carbocycles. The molecule has 32 heavy (non-hydrogen) atoms. The number of rotatable bonds is 8. The predicted molar refractivity (Wildman–Crippen MR) is 129 cm³/mol. The van der Waals surface area contributed by atoms with Crippen LogP contribution in [0.4, 0.5) is 0 Å². The lowest BCUT2D eigenvalue weighted by atomic mass is 9.74. The lowest BCUT2D eigenvalue weighted by Gasteiger charge is -2.51. The van der Waals surface area contributed by atoms with E-state index in [1.165, 1.54) is 6.92 Å². The van der Waals surface area contributed by atoms with E-state index in [9.17, 15) is 13.2 Å². The van der Waals surface area contributed by atoms with Crippen LogP contribution < -0.4 is 15.7 Å². The molecule has 3 rings (SSSR count). The highest BCUT2D eigenvalue weighted by Gasteiger charge is 2.55. The minimum absolute atomic E-state index is 0.167. The molecule has 2 atom stereocenters. The molecule has 1 amide bonds. The average molecular weight is 476 g/mol. The van der Waals surface area contributed by atoms with Gasteiger partial charge in [-0.05, 0) is 28.3 Å². The van der Waals surface area contributed by atoms with E-state index in [0.29, 0.717) is 12.8 Å². The van der Waals surface area contributed by atoms with Gasteiger partial charge in [0.2, 0.25) is 5.91 Å². The Morgan fingerprint density at radius 1 is 1.06 bits per heavy atom. The summed E-state index contributed by atoms with van der Waals surface area (Å²) < 4.78 is 36.0. The Balaban J connectivity index is 2.07. The lowest BCUT2D eigenvalue weighted by Crippen LogP contribution is -2.72. The van der Waals surface area contributed by atoms with Crippen molar-refractivity contribution in [1.82, 2.24) is 5.32 Å². The van der Waals surface area contributed by atoms with E-state index in [1.54, 1.807) is 0 Å². The monoisotopic (exact) mass is 475 g/mol. The van der Waals surface area contributed by atoms with Gasteiger partial charge in [-0.25, -0.2) is 0 Å². The van der Waals surface area contributed by atoms with Crippen molar-refractivity contribution in [2.24, 2.45) is 0 Å². The molecule has 2 aromatic rings. The van der Waals surface area contributed by atoms with Crippen molar-refractivity contribution in [3.8, 4) is 0 Å². The SMILES string of the molecule is CC(=O)N[C@]1(CO[Si](c2ccccc2)(c2ccccc2)C(C)(C)C)CC[C@H]1OS(C)(=O)=O. The Kier molecular flexibility index (Phi) is 7.00. The fraction of sp³-hybridized carbons (Fsp3) is 0.458. The first kappa shape index (κ1) is 24.6. The van der Waals surface area contributed by atoms with Crippen molar-refractivity contribution in [3.63, 3.8) is 0 Å². The standard InChI is InChI=1S/C24H33NO5SSi/c1-19(26)25-24(17-16-22(24)30-31(5,27)28)18-29-32(23(2,3)4,20-12-8-6-9-13-20)21-14-10-7-11-15-21/h6-15,22H,16-18H2,1-5H3,(H,25,26)/t22-,24+/m1/s1. The number of nitrogens with one attached hydrogen (secondary N) is 1. The Morgan fingerprint density at radius 3 is 1.91 bits per heavy atom. The minimum Gasteiger partial charge on any atom is -0.405 e. The van der Waals surface area contributed by atoms with Gasteiger partial charge in [0.1, 0.15) is 6.10 Å². The molecule has 0 aromatic heterocycles. The van der Waals surface area contributed by atoms with Crippen LogP contribution in [0, 0.1) is 0 Å². The van der Waals surface area contributed by atoms with Crippen LogP contribution >= 0.6 is 0 Å². The van der Waals surface area contributed by atoms with E-state index >= 15 is 0 Å². The number of benzene rings is 2. The van der Waals surface area contributed by atoms with E-state index in [2.05, 4.69) is 50.4 Å². The zero-order valence-corrected chi connectivity index (χ0v) is 21.2. The normalized spacial score (nSPS) is 21.6. The zero-order chi connectivity index (χ0) is 23.6. The second-order valence-electron chi connectivity index (χ2n) is 9.62. The summed E-state index contributed by atoms with van der Waals surface area (Å²) in [4.78, 5) is 12.1. The summed E-state index contributed by atoms with van der Waals surface area (Å²) in [6.45, 7) is 8.13. The zero-order valence-electron chi connectivity index (χ0n) is 19.4. The molecule has 0 heterocycles. The molecule has 1 aliphatic rings. The van der Waals surface area contributed by atoms with Gasteiger partial charge in [-0.2, -0.15) is 8.42 Å². The van der Waals surface area contributed by atoms with Gasteiger partial charge in [-0.3, -0.25) is 8.98 Å². The molecule has 0 spiro atoms. The maximum Gasteiger partial charge on any atom is 0.264 e. The van der Waals surface area contributed by atoms with Gasteiger partial charge < -0.3 is 9.74 Å². The maximum atomic E-state index is 12.1. The van der Waals surface area contributed by atoms with Gasteiger partial charge in [-0.15, -0.1) is 0 Å². The molecule has 0 bridgehead atoms. The molecule has 0 unspecified atom stereocenters. The number of hydrogen-bond acceptors (Lipinski definition) is 5. The summed E-state index contributed by atoms with van der Waals surface area (Å²) in [7, 11) is -6.51. The third-order valence-corrected chi connectivity index (χ3v) is 11.7. The fourth-order valence-corrected chi connectivity index (χ4v) is 9.99. The van der Waals surface area contributed by atoms with Gasteiger partial charge in [0, 0.05) is 6.92 Å². The molecule has 6 nitrogen and oxygen atoms in total. The van der Waals surface area contributed by atoms with E-state index in [0.717, 1.165) is 16.6 Å². The van der Waals surface area contributed by atoms with Crippen LogP contribution in [0.3, 0.4) is 0 Å². The summed E-state index contributed by atoms with van der Waals surface area (Å²) >= 11 is 0. The lowest BCUT2D eigenvalue weighted by molar-refractivity contribution is -0.126. The van der Waals surface area contributed by atoms with Gasteiger partial charge in [0.15, 0.2) is 0 Å². The maximum absolute atomic E-state index is 12.1. The Bertz CT molecular complexity index is 998. The smallest absolute Gasteiger partial charge is 0.264 e. The molecule has 1 aliphatic carbocycles. The topological polar surface area (TPSA) is 81.7 Å². The second kappa shape index (κ2) is 9.09. The van der Waals surface area contributed by atoms with E-state index in [1.807, 2.05) is 36.4 Å². The third kappa shape index (κ3) is 4.98. The molecule has 174 valence electrons. The van der Waals surface area contributed by atoms with E-state index < -0.39 is 30.1 Å². The molecule has 1 N–H and O–H groups in total. The van der Waals surface area contributed by atoms with E-state index in [-0.39, 0.29) is 17.6 Å². The van der Waals surface area contributed by atoms with Crippen LogP contribution in [0.5, 0.6) is 0 Å². The number of carbonyl (C=O) groups is 1. The highest BCUT2D eigenvalue weighted by atomic mass is 32.2. The van der Waals surface area contributed by atoms with Crippen LogP contribution in [-0.2, 0) is 23.5 Å². The van der Waals surface area contributed by atoms with Crippen molar-refractivity contribution in [2.75, 3.05) is 12.9 Å². The second-order valence-corrected chi connectivity index (χ2v) is 15.5. The molecule has 8 heteroatoms. The van der Waals surface area contributed by atoms with Gasteiger partial charge in [0.25, 0.3) is 18.4 Å². The molecule has 0 aliphatic heterocycles. The summed E-state index contributed by atoms with van der Waals surface area (Å²) in [5.74, 6) is -0.238. The summed E-state index contributed by atoms with van der Waals surface area (Å²) in [6.07, 6.45) is 1.51. The van der Waals surface area contributed by atoms with Crippen molar-refractivity contribution < 1.29 is 21.8 Å². The molecule has 2 aromatic carbocycles. The third-order valence-electron chi connectivity index (χ3n) is 6.15. The number of carbonyl (C=O) groups excluding carboxylic acids is 1. The minimum atomic E-state index is -3.67. The molecule has 1 fully saturated rings. The molecular formula is C24H33NO5SSi. The van der Waals surface area contributed by atoms with Crippen LogP contribution in [0.1, 0.15) is 40.5 Å². The molecular weight excluding hydrogens is 442 g/mol. The molecule has 0 radical (unpaired) electrons. The number of hydrogen-bond donors (Lipinski definition) is 1. The van der Waals surface area contributed by atoms with Gasteiger partial charge in [-0.1, -0.05) is 81.4 Å². The van der Waals surface area contributed by atoms with Crippen molar-refractivity contribution in [1.29, 1.82) is 0 Å². The highest BCUT2D eigenvalue weighted by molar-refractivity contribution is 7.86. The first-order valence-electron chi connectivity index (χ1n) is 10.8. The van der Waals surface area contributed by atoms with Gasteiger partial charge in [0.05, 0.1) is 18.4 Å². The first-order valence-corrected chi connectivity index (χ1v) is 14.5. The van der Waals surface area contributed by atoms with Crippen LogP contribution in [0.15, 0.2) is 60.7 Å². The summed E-state index contributed by atoms with van der Waals surface area (Å²) in [5.41, 5.74) is -0.887. The van der Waals surface area contributed by atoms with Crippen molar-refractivity contribution in [3.05, 3.63) is 60.7 Å². The van der Waals surface area contributed by atoms with E-state index in [4.69, 9.17) is 8.61 Å². The van der Waals surface area contributed by atoms with Crippen molar-refractivity contribution >= 4 is 34.7 Å². The average Bonchev–Trinajstić information content (AvgIpc) is 2.70. The van der Waals surface area contributed by atoms with Crippen LogP contribution in [0.2, 0.25) is 5.04 Å². The Morgan fingerprint density at radius 2 is 1.56 bits per heavy atom. The fourth-order valence-electron chi connectivity index (χ4n) is 4.66. The summed E-state index contributed by atoms with van der Waals surface area (Å²) in [6, 6.07) is 20.4. The Hall–Kier alpha value is -2.00. The number of amides is 1. The van der Waals surface area contributed by atoms with Crippen molar-refractivity contribution in [2.45, 2.75) is 57.2 Å². The van der Waals surface area contributed by atoms with Crippen LogP contribution in [0.25, 0.3) is 0 Å². The Labute approximate surface area is 192 Å².